The normalized spacial score (nSPS) is 15.6. The standard InChI is InChI=1S/C23H15F2N3O/c24-16-8-6-14(7-9-16)20-19-21(27-26-20)23(29)28(18-12-10-17(25)11-13-18)22(19)15-4-2-1-3-5-15/h1-13,22H,(H,26,27). The molecule has 142 valence electrons. The number of hydrogen-bond donors (Lipinski definition) is 1. The Balaban J connectivity index is 1.71. The Kier molecular flexibility index (Phi) is 3.98. The summed E-state index contributed by atoms with van der Waals surface area (Å²) < 4.78 is 26.9. The highest BCUT2D eigenvalue weighted by atomic mass is 19.1. The quantitative estimate of drug-likeness (QED) is 0.531. The number of rotatable bonds is 3. The Hall–Kier alpha value is -3.80. The van der Waals surface area contributed by atoms with E-state index in [1.807, 2.05) is 30.3 Å². The average Bonchev–Trinajstić information content (AvgIpc) is 3.29. The van der Waals surface area contributed by atoms with Crippen LogP contribution < -0.4 is 4.90 Å². The maximum atomic E-state index is 13.5. The third-order valence-corrected chi connectivity index (χ3v) is 5.11. The summed E-state index contributed by atoms with van der Waals surface area (Å²) >= 11 is 0. The molecule has 0 bridgehead atoms. The Morgan fingerprint density at radius 1 is 0.828 bits per heavy atom. The van der Waals surface area contributed by atoms with Gasteiger partial charge in [0.05, 0.1) is 11.7 Å². The summed E-state index contributed by atoms with van der Waals surface area (Å²) in [5.41, 5.74) is 3.87. The van der Waals surface area contributed by atoms with Crippen molar-refractivity contribution >= 4 is 11.6 Å². The Bertz CT molecular complexity index is 1190. The number of carbonyl (C=O) groups excluding carboxylic acids is 1. The minimum atomic E-state index is -0.442. The van der Waals surface area contributed by atoms with E-state index in [1.165, 1.54) is 24.3 Å². The van der Waals surface area contributed by atoms with E-state index >= 15 is 0 Å². The molecule has 1 atom stereocenters. The predicted molar refractivity (Wildman–Crippen MR) is 105 cm³/mol. The lowest BCUT2D eigenvalue weighted by Crippen LogP contribution is -2.29. The molecule has 29 heavy (non-hydrogen) atoms. The van der Waals surface area contributed by atoms with E-state index < -0.39 is 6.04 Å². The fraction of sp³-hybridized carbons (Fsp3) is 0.0435. The number of aromatic amines is 1. The molecule has 1 unspecified atom stereocenters. The van der Waals surface area contributed by atoms with Crippen LogP contribution in [0.5, 0.6) is 0 Å². The summed E-state index contributed by atoms with van der Waals surface area (Å²) in [6, 6.07) is 21.0. The number of nitrogens with zero attached hydrogens (tertiary/aromatic N) is 2. The van der Waals surface area contributed by atoms with Crippen LogP contribution >= 0.6 is 0 Å². The van der Waals surface area contributed by atoms with Crippen LogP contribution in [0.15, 0.2) is 78.9 Å². The molecule has 0 radical (unpaired) electrons. The third kappa shape index (κ3) is 2.81. The summed E-state index contributed by atoms with van der Waals surface area (Å²) in [4.78, 5) is 14.9. The summed E-state index contributed by atoms with van der Waals surface area (Å²) in [5, 5.41) is 7.20. The van der Waals surface area contributed by atoms with E-state index in [0.717, 1.165) is 11.1 Å². The van der Waals surface area contributed by atoms with Crippen molar-refractivity contribution in [3.8, 4) is 11.3 Å². The molecular formula is C23H15F2N3O. The molecule has 0 spiro atoms. The van der Waals surface area contributed by atoms with Gasteiger partial charge in [0.1, 0.15) is 17.3 Å². The number of amides is 1. The lowest BCUT2D eigenvalue weighted by Gasteiger charge is -2.26. The molecule has 1 N–H and O–H groups in total. The zero-order valence-electron chi connectivity index (χ0n) is 15.1. The molecule has 6 heteroatoms. The van der Waals surface area contributed by atoms with Crippen LogP contribution in [0.3, 0.4) is 0 Å². The van der Waals surface area contributed by atoms with Crippen molar-refractivity contribution < 1.29 is 13.6 Å². The highest BCUT2D eigenvalue weighted by molar-refractivity contribution is 6.11. The number of halogens is 2. The lowest BCUT2D eigenvalue weighted by molar-refractivity contribution is 0.0988. The summed E-state index contributed by atoms with van der Waals surface area (Å²) in [5.74, 6) is -0.963. The molecule has 1 amide bonds. The second-order valence-corrected chi connectivity index (χ2v) is 6.83. The van der Waals surface area contributed by atoms with Crippen LogP contribution in [0, 0.1) is 11.6 Å². The molecule has 3 aromatic carbocycles. The minimum absolute atomic E-state index is 0.249. The van der Waals surface area contributed by atoms with E-state index in [9.17, 15) is 13.6 Å². The Morgan fingerprint density at radius 2 is 1.45 bits per heavy atom. The van der Waals surface area contributed by atoms with Gasteiger partial charge >= 0.3 is 0 Å². The van der Waals surface area contributed by atoms with Gasteiger partial charge in [0.15, 0.2) is 0 Å². The number of hydrogen-bond acceptors (Lipinski definition) is 2. The van der Waals surface area contributed by atoms with Crippen molar-refractivity contribution in [2.75, 3.05) is 4.90 Å². The topological polar surface area (TPSA) is 49.0 Å². The highest BCUT2D eigenvalue weighted by Crippen LogP contribution is 2.44. The first-order chi connectivity index (χ1) is 14.1. The lowest BCUT2D eigenvalue weighted by atomic mass is 9.96. The molecule has 4 aromatic rings. The first-order valence-corrected chi connectivity index (χ1v) is 9.12. The smallest absolute Gasteiger partial charge is 0.277 e. The molecule has 1 aliphatic rings. The van der Waals surface area contributed by atoms with Gasteiger partial charge in [0.2, 0.25) is 0 Å². The second kappa shape index (κ2) is 6.67. The monoisotopic (exact) mass is 387 g/mol. The van der Waals surface area contributed by atoms with Crippen LogP contribution in [-0.4, -0.2) is 16.1 Å². The molecule has 0 fully saturated rings. The molecular weight excluding hydrogens is 372 g/mol. The maximum Gasteiger partial charge on any atom is 0.277 e. The SMILES string of the molecule is O=C1c2[nH]nc(-c3ccc(F)cc3)c2C(c2ccccc2)N1c1ccc(F)cc1. The van der Waals surface area contributed by atoms with E-state index in [0.29, 0.717) is 22.6 Å². The highest BCUT2D eigenvalue weighted by Gasteiger charge is 2.43. The van der Waals surface area contributed by atoms with E-state index in [2.05, 4.69) is 10.2 Å². The molecule has 2 heterocycles. The van der Waals surface area contributed by atoms with Crippen LogP contribution in [0.4, 0.5) is 14.5 Å². The molecule has 0 saturated carbocycles. The van der Waals surface area contributed by atoms with Gasteiger partial charge in [-0.3, -0.25) is 14.8 Å². The number of carbonyl (C=O) groups is 1. The summed E-state index contributed by atoms with van der Waals surface area (Å²) in [6.07, 6.45) is 0. The van der Waals surface area contributed by atoms with Gasteiger partial charge in [-0.15, -0.1) is 0 Å². The van der Waals surface area contributed by atoms with Crippen molar-refractivity contribution in [1.29, 1.82) is 0 Å². The number of aromatic nitrogens is 2. The van der Waals surface area contributed by atoms with Gasteiger partial charge in [-0.25, -0.2) is 8.78 Å². The third-order valence-electron chi connectivity index (χ3n) is 5.11. The maximum absolute atomic E-state index is 13.5. The summed E-state index contributed by atoms with van der Waals surface area (Å²) in [6.45, 7) is 0. The molecule has 0 aliphatic carbocycles. The minimum Gasteiger partial charge on any atom is -0.295 e. The van der Waals surface area contributed by atoms with Crippen molar-refractivity contribution in [3.63, 3.8) is 0 Å². The van der Waals surface area contributed by atoms with Gasteiger partial charge in [-0.1, -0.05) is 30.3 Å². The summed E-state index contributed by atoms with van der Waals surface area (Å²) in [7, 11) is 0. The van der Waals surface area contributed by atoms with Crippen molar-refractivity contribution in [2.24, 2.45) is 0 Å². The molecule has 1 aromatic heterocycles. The van der Waals surface area contributed by atoms with E-state index in [4.69, 9.17) is 0 Å². The Morgan fingerprint density at radius 3 is 2.10 bits per heavy atom. The number of H-pyrrole nitrogens is 1. The van der Waals surface area contributed by atoms with Gasteiger partial charge in [0.25, 0.3) is 5.91 Å². The Labute approximate surface area is 165 Å². The van der Waals surface area contributed by atoms with Gasteiger partial charge in [0, 0.05) is 16.8 Å². The first kappa shape index (κ1) is 17.3. The fourth-order valence-electron chi connectivity index (χ4n) is 3.79. The van der Waals surface area contributed by atoms with Gasteiger partial charge < -0.3 is 0 Å². The van der Waals surface area contributed by atoms with E-state index in [1.54, 1.807) is 29.2 Å². The van der Waals surface area contributed by atoms with Gasteiger partial charge in [-0.2, -0.15) is 5.10 Å². The van der Waals surface area contributed by atoms with Crippen LogP contribution in [-0.2, 0) is 0 Å². The van der Waals surface area contributed by atoms with Gasteiger partial charge in [-0.05, 0) is 54.1 Å². The predicted octanol–water partition coefficient (Wildman–Crippen LogP) is 5.10. The first-order valence-electron chi connectivity index (χ1n) is 9.12. The van der Waals surface area contributed by atoms with Crippen LogP contribution in [0.25, 0.3) is 11.3 Å². The molecule has 5 rings (SSSR count). The van der Waals surface area contributed by atoms with Crippen molar-refractivity contribution in [1.82, 2.24) is 10.2 Å². The van der Waals surface area contributed by atoms with Crippen molar-refractivity contribution in [2.45, 2.75) is 6.04 Å². The second-order valence-electron chi connectivity index (χ2n) is 6.83. The number of benzene rings is 3. The molecule has 0 saturated heterocycles. The zero-order chi connectivity index (χ0) is 20.0. The fourth-order valence-corrected chi connectivity index (χ4v) is 3.79. The number of anilines is 1. The zero-order valence-corrected chi connectivity index (χ0v) is 15.1. The molecule has 1 aliphatic heterocycles. The largest absolute Gasteiger partial charge is 0.295 e. The molecule has 4 nitrogen and oxygen atoms in total. The van der Waals surface area contributed by atoms with Crippen molar-refractivity contribution in [3.05, 3.63) is 107 Å². The van der Waals surface area contributed by atoms with E-state index in [-0.39, 0.29) is 17.5 Å². The number of nitrogens with one attached hydrogen (secondary N) is 1. The average molecular weight is 387 g/mol. The number of fused-ring (bicyclic) bond motifs is 1. The van der Waals surface area contributed by atoms with Crippen LogP contribution in [0.1, 0.15) is 27.7 Å². The van der Waals surface area contributed by atoms with Crippen LogP contribution in [0.2, 0.25) is 0 Å².